The second-order valence-electron chi connectivity index (χ2n) is 5.43. The van der Waals surface area contributed by atoms with E-state index < -0.39 is 11.5 Å². The number of rotatable bonds is 5. The predicted octanol–water partition coefficient (Wildman–Crippen LogP) is 2.25. The molecule has 0 atom stereocenters. The van der Waals surface area contributed by atoms with Crippen molar-refractivity contribution >= 4 is 17.2 Å². The first kappa shape index (κ1) is 17.0. The minimum atomic E-state index is -0.665. The van der Waals surface area contributed by atoms with Crippen LogP contribution in [0.2, 0.25) is 0 Å². The monoisotopic (exact) mass is 349 g/mol. The van der Waals surface area contributed by atoms with Gasteiger partial charge in [0.15, 0.2) is 5.76 Å². The number of carbonyl (C=O) groups excluding carboxylic acids is 1. The van der Waals surface area contributed by atoms with E-state index in [1.165, 1.54) is 23.1 Å². The van der Waals surface area contributed by atoms with Gasteiger partial charge in [-0.3, -0.25) is 19.7 Å². The van der Waals surface area contributed by atoms with Gasteiger partial charge in [0.1, 0.15) is 11.8 Å². The molecule has 3 aromatic rings. The lowest BCUT2D eigenvalue weighted by Crippen LogP contribution is -2.21. The highest BCUT2D eigenvalue weighted by molar-refractivity contribution is 6.50. The van der Waals surface area contributed by atoms with Crippen molar-refractivity contribution in [1.82, 2.24) is 9.36 Å². The first-order valence-corrected chi connectivity index (χ1v) is 7.70. The molecule has 0 saturated heterocycles. The minimum Gasteiger partial charge on any atom is -0.461 e. The van der Waals surface area contributed by atoms with Crippen molar-refractivity contribution in [3.05, 3.63) is 70.5 Å². The van der Waals surface area contributed by atoms with Crippen LogP contribution in [0.15, 0.2) is 63.0 Å². The van der Waals surface area contributed by atoms with E-state index >= 15 is 0 Å². The molecule has 0 saturated carbocycles. The molecule has 8 heteroatoms. The highest BCUT2D eigenvalue weighted by atomic mass is 16.3. The third-order valence-electron chi connectivity index (χ3n) is 3.90. The van der Waals surface area contributed by atoms with Crippen LogP contribution >= 0.6 is 0 Å². The topological polar surface area (TPSA) is 105 Å². The lowest BCUT2D eigenvalue weighted by molar-refractivity contribution is 0.104. The SMILES string of the molecule is Cc1c(N/N=C(\C#N)C(=O)c2ccco2)c(=O)n(-c2ccccc2)n1C. The van der Waals surface area contributed by atoms with Crippen molar-refractivity contribution in [3.8, 4) is 11.8 Å². The molecule has 0 aliphatic heterocycles. The van der Waals surface area contributed by atoms with Gasteiger partial charge in [-0.05, 0) is 31.2 Å². The molecule has 2 aromatic heterocycles. The fraction of sp³-hybridized carbons (Fsp3) is 0.111. The molecule has 8 nitrogen and oxygen atoms in total. The number of benzene rings is 1. The minimum absolute atomic E-state index is 0.00131. The van der Waals surface area contributed by atoms with Crippen LogP contribution in [0.5, 0.6) is 0 Å². The van der Waals surface area contributed by atoms with Crippen LogP contribution in [-0.4, -0.2) is 20.9 Å². The Morgan fingerprint density at radius 3 is 2.58 bits per heavy atom. The lowest BCUT2D eigenvalue weighted by Gasteiger charge is -2.07. The molecule has 3 rings (SSSR count). The van der Waals surface area contributed by atoms with Crippen molar-refractivity contribution in [1.29, 1.82) is 5.26 Å². The van der Waals surface area contributed by atoms with E-state index in [0.717, 1.165) is 0 Å². The number of nitrogens with zero attached hydrogens (tertiary/aromatic N) is 4. The van der Waals surface area contributed by atoms with Gasteiger partial charge in [0, 0.05) is 7.05 Å². The zero-order valence-electron chi connectivity index (χ0n) is 14.1. The molecule has 0 fully saturated rings. The molecule has 1 N–H and O–H groups in total. The normalized spacial score (nSPS) is 11.2. The highest BCUT2D eigenvalue weighted by Crippen LogP contribution is 2.14. The second-order valence-corrected chi connectivity index (χ2v) is 5.43. The number of hydrogen-bond donors (Lipinski definition) is 1. The third-order valence-corrected chi connectivity index (χ3v) is 3.90. The largest absolute Gasteiger partial charge is 0.461 e. The molecule has 2 heterocycles. The second kappa shape index (κ2) is 6.94. The molecule has 0 unspecified atom stereocenters. The quantitative estimate of drug-likeness (QED) is 0.432. The Kier molecular flexibility index (Phi) is 4.53. The number of nitriles is 1. The Morgan fingerprint density at radius 2 is 1.96 bits per heavy atom. The van der Waals surface area contributed by atoms with E-state index in [0.29, 0.717) is 11.4 Å². The molecule has 26 heavy (non-hydrogen) atoms. The zero-order chi connectivity index (χ0) is 18.7. The maximum Gasteiger partial charge on any atom is 0.296 e. The number of para-hydroxylation sites is 1. The average molecular weight is 349 g/mol. The van der Waals surface area contributed by atoms with E-state index in [1.54, 1.807) is 36.9 Å². The summed E-state index contributed by atoms with van der Waals surface area (Å²) in [5.74, 6) is -0.666. The molecule has 1 aromatic carbocycles. The number of ketones is 1. The number of Topliss-reactive ketones (excluding diaryl/α,β-unsaturated/α-hetero) is 1. The van der Waals surface area contributed by atoms with Crippen LogP contribution in [0, 0.1) is 18.3 Å². The Morgan fingerprint density at radius 1 is 1.23 bits per heavy atom. The van der Waals surface area contributed by atoms with Gasteiger partial charge in [-0.2, -0.15) is 10.4 Å². The van der Waals surface area contributed by atoms with Crippen LogP contribution in [0.1, 0.15) is 16.2 Å². The Labute approximate surface area is 148 Å². The Bertz CT molecular complexity index is 1070. The smallest absolute Gasteiger partial charge is 0.296 e. The van der Waals surface area contributed by atoms with Gasteiger partial charge in [0.25, 0.3) is 11.3 Å². The number of nitrogens with one attached hydrogen (secondary N) is 1. The summed E-state index contributed by atoms with van der Waals surface area (Å²) in [6.45, 7) is 1.74. The van der Waals surface area contributed by atoms with Gasteiger partial charge in [-0.25, -0.2) is 4.68 Å². The van der Waals surface area contributed by atoms with Gasteiger partial charge in [-0.1, -0.05) is 18.2 Å². The summed E-state index contributed by atoms with van der Waals surface area (Å²) in [4.78, 5) is 24.9. The predicted molar refractivity (Wildman–Crippen MR) is 95.5 cm³/mol. The summed E-state index contributed by atoms with van der Waals surface area (Å²) in [6, 6.07) is 13.8. The van der Waals surface area contributed by atoms with Crippen molar-refractivity contribution in [2.24, 2.45) is 12.1 Å². The van der Waals surface area contributed by atoms with E-state index in [-0.39, 0.29) is 17.0 Å². The molecule has 0 aliphatic rings. The standard InChI is InChI=1S/C18H15N5O3/c1-12-16(18(25)23(22(12)2)13-7-4-3-5-8-13)21-20-14(11-19)17(24)15-9-6-10-26-15/h3-10,21H,1-2H3/b20-14+. The van der Waals surface area contributed by atoms with Crippen LogP contribution in [0.4, 0.5) is 5.69 Å². The van der Waals surface area contributed by atoms with Crippen LogP contribution in [0.25, 0.3) is 5.69 Å². The first-order chi connectivity index (χ1) is 12.5. The van der Waals surface area contributed by atoms with Crippen molar-refractivity contribution in [2.45, 2.75) is 6.92 Å². The molecule has 0 radical (unpaired) electrons. The van der Waals surface area contributed by atoms with E-state index in [4.69, 9.17) is 4.42 Å². The van der Waals surface area contributed by atoms with Gasteiger partial charge in [-0.15, -0.1) is 0 Å². The molecule has 0 bridgehead atoms. The third kappa shape index (κ3) is 2.93. The van der Waals surface area contributed by atoms with Gasteiger partial charge < -0.3 is 4.42 Å². The molecule has 0 amide bonds. The molecular weight excluding hydrogens is 334 g/mol. The summed E-state index contributed by atoms with van der Waals surface area (Å²) in [5, 5.41) is 13.0. The Hall–Kier alpha value is -3.86. The molecule has 0 spiro atoms. The summed E-state index contributed by atoms with van der Waals surface area (Å²) in [5.41, 5.74) is 3.27. The highest BCUT2D eigenvalue weighted by Gasteiger charge is 2.19. The number of aromatic nitrogens is 2. The van der Waals surface area contributed by atoms with Crippen molar-refractivity contribution in [2.75, 3.05) is 5.43 Å². The summed E-state index contributed by atoms with van der Waals surface area (Å²) in [6.07, 6.45) is 1.33. The van der Waals surface area contributed by atoms with Crippen molar-refractivity contribution in [3.63, 3.8) is 0 Å². The van der Waals surface area contributed by atoms with Crippen LogP contribution in [0.3, 0.4) is 0 Å². The number of hydrazone groups is 1. The fourth-order valence-electron chi connectivity index (χ4n) is 2.46. The number of anilines is 1. The van der Waals surface area contributed by atoms with E-state index in [2.05, 4.69) is 10.5 Å². The maximum atomic E-state index is 12.7. The van der Waals surface area contributed by atoms with E-state index in [9.17, 15) is 14.9 Å². The molecule has 130 valence electrons. The Balaban J connectivity index is 1.97. The molecular formula is C18H15N5O3. The first-order valence-electron chi connectivity index (χ1n) is 7.70. The number of carbonyl (C=O) groups is 1. The van der Waals surface area contributed by atoms with Crippen LogP contribution in [-0.2, 0) is 7.05 Å². The number of hydrogen-bond acceptors (Lipinski definition) is 6. The van der Waals surface area contributed by atoms with Crippen molar-refractivity contribution < 1.29 is 9.21 Å². The number of furan rings is 1. The maximum absolute atomic E-state index is 12.7. The summed E-state index contributed by atoms with van der Waals surface area (Å²) < 4.78 is 8.11. The fourth-order valence-corrected chi connectivity index (χ4v) is 2.46. The summed E-state index contributed by atoms with van der Waals surface area (Å²) >= 11 is 0. The lowest BCUT2D eigenvalue weighted by atomic mass is 10.2. The van der Waals surface area contributed by atoms with Crippen LogP contribution < -0.4 is 11.0 Å². The zero-order valence-corrected chi connectivity index (χ0v) is 14.1. The van der Waals surface area contributed by atoms with Gasteiger partial charge >= 0.3 is 0 Å². The molecule has 0 aliphatic carbocycles. The average Bonchev–Trinajstić information content (AvgIpc) is 3.26. The van der Waals surface area contributed by atoms with Gasteiger partial charge in [0.05, 0.1) is 17.6 Å². The van der Waals surface area contributed by atoms with Gasteiger partial charge in [0.2, 0.25) is 5.71 Å². The van der Waals surface area contributed by atoms with E-state index in [1.807, 2.05) is 18.2 Å². The summed E-state index contributed by atoms with van der Waals surface area (Å²) in [7, 11) is 1.73.